The summed E-state index contributed by atoms with van der Waals surface area (Å²) in [5.41, 5.74) is 0.657. The maximum Gasteiger partial charge on any atom is 0.169 e. The Morgan fingerprint density at radius 3 is 2.57 bits per heavy atom. The highest BCUT2D eigenvalue weighted by atomic mass is 32.2. The van der Waals surface area contributed by atoms with E-state index in [1.165, 1.54) is 6.33 Å². The molecule has 4 heteroatoms. The fraction of sp³-hybridized carbons (Fsp3) is 0.500. The molecule has 1 aliphatic rings. The Morgan fingerprint density at radius 2 is 1.93 bits per heavy atom. The van der Waals surface area contributed by atoms with Crippen molar-refractivity contribution in [3.8, 4) is 0 Å². The summed E-state index contributed by atoms with van der Waals surface area (Å²) in [7, 11) is 0. The Bertz CT molecular complexity index is 309. The van der Waals surface area contributed by atoms with Crippen LogP contribution in [-0.2, 0) is 0 Å². The fourth-order valence-electron chi connectivity index (χ4n) is 1.62. The molecule has 14 heavy (non-hydrogen) atoms. The first-order valence-electron chi connectivity index (χ1n) is 4.75. The number of rotatable bonds is 2. The molecule has 1 fully saturated rings. The van der Waals surface area contributed by atoms with Crippen LogP contribution in [0.4, 0.5) is 0 Å². The van der Waals surface area contributed by atoms with Gasteiger partial charge < -0.3 is 0 Å². The highest BCUT2D eigenvalue weighted by molar-refractivity contribution is 7.99. The summed E-state index contributed by atoms with van der Waals surface area (Å²) in [6.07, 6.45) is 6.67. The van der Waals surface area contributed by atoms with Gasteiger partial charge >= 0.3 is 0 Å². The Hall–Kier alpha value is -0.900. The first kappa shape index (κ1) is 9.65. The second-order valence-electron chi connectivity index (χ2n) is 3.38. The van der Waals surface area contributed by atoms with Gasteiger partial charge in [-0.25, -0.2) is 9.97 Å². The number of hydrogen-bond donors (Lipinski definition) is 0. The van der Waals surface area contributed by atoms with E-state index in [2.05, 4.69) is 9.97 Å². The minimum atomic E-state index is 0.197. The summed E-state index contributed by atoms with van der Waals surface area (Å²) >= 11 is 1.93. The lowest BCUT2D eigenvalue weighted by atomic mass is 9.94. The number of ketones is 1. The molecule has 1 aromatic rings. The van der Waals surface area contributed by atoms with Crippen molar-refractivity contribution in [2.45, 2.75) is 12.8 Å². The molecule has 0 aliphatic carbocycles. The van der Waals surface area contributed by atoms with Crippen LogP contribution >= 0.6 is 11.8 Å². The summed E-state index contributed by atoms with van der Waals surface area (Å²) in [5.74, 6) is 2.61. The van der Waals surface area contributed by atoms with Gasteiger partial charge in [0.05, 0.1) is 5.56 Å². The Balaban J connectivity index is 2.07. The molecule has 0 spiro atoms. The van der Waals surface area contributed by atoms with Crippen molar-refractivity contribution in [2.75, 3.05) is 11.5 Å². The molecular weight excluding hydrogens is 196 g/mol. The summed E-state index contributed by atoms with van der Waals surface area (Å²) in [4.78, 5) is 19.6. The zero-order valence-corrected chi connectivity index (χ0v) is 8.67. The molecule has 2 rings (SSSR count). The minimum absolute atomic E-state index is 0.197. The average molecular weight is 208 g/mol. The Kier molecular flexibility index (Phi) is 3.14. The van der Waals surface area contributed by atoms with Crippen LogP contribution < -0.4 is 0 Å². The van der Waals surface area contributed by atoms with Crippen molar-refractivity contribution in [1.82, 2.24) is 9.97 Å². The molecule has 3 nitrogen and oxygen atoms in total. The van der Waals surface area contributed by atoms with E-state index < -0.39 is 0 Å². The lowest BCUT2D eigenvalue weighted by Crippen LogP contribution is -2.20. The van der Waals surface area contributed by atoms with E-state index >= 15 is 0 Å². The lowest BCUT2D eigenvalue weighted by molar-refractivity contribution is 0.0912. The van der Waals surface area contributed by atoms with Crippen molar-refractivity contribution in [2.24, 2.45) is 5.92 Å². The largest absolute Gasteiger partial charge is 0.294 e. The molecule has 1 aromatic heterocycles. The number of carbonyl (C=O) groups is 1. The molecule has 0 saturated carbocycles. The zero-order valence-electron chi connectivity index (χ0n) is 7.85. The Morgan fingerprint density at radius 1 is 1.29 bits per heavy atom. The van der Waals surface area contributed by atoms with Crippen LogP contribution in [0, 0.1) is 5.92 Å². The fourth-order valence-corrected chi connectivity index (χ4v) is 2.73. The van der Waals surface area contributed by atoms with Crippen LogP contribution in [0.3, 0.4) is 0 Å². The van der Waals surface area contributed by atoms with Crippen LogP contribution in [0.1, 0.15) is 23.2 Å². The molecule has 0 bridgehead atoms. The zero-order chi connectivity index (χ0) is 9.80. The number of aromatic nitrogens is 2. The van der Waals surface area contributed by atoms with Gasteiger partial charge in [-0.1, -0.05) is 0 Å². The number of Topliss-reactive ketones (excluding diaryl/α,β-unsaturated/α-hetero) is 1. The second-order valence-corrected chi connectivity index (χ2v) is 4.60. The van der Waals surface area contributed by atoms with E-state index in [1.807, 2.05) is 11.8 Å². The van der Waals surface area contributed by atoms with Crippen molar-refractivity contribution < 1.29 is 4.79 Å². The number of thioether (sulfide) groups is 1. The Labute approximate surface area is 87.3 Å². The SMILES string of the molecule is O=C(c1cncnc1)C1CCSCC1. The highest BCUT2D eigenvalue weighted by Crippen LogP contribution is 2.25. The molecule has 74 valence electrons. The van der Waals surface area contributed by atoms with Crippen molar-refractivity contribution in [3.63, 3.8) is 0 Å². The third-order valence-corrected chi connectivity index (χ3v) is 3.49. The van der Waals surface area contributed by atoms with Gasteiger partial charge in [0.1, 0.15) is 6.33 Å². The molecule has 2 heterocycles. The quantitative estimate of drug-likeness (QED) is 0.695. The third kappa shape index (κ3) is 2.12. The monoisotopic (exact) mass is 208 g/mol. The number of hydrogen-bond acceptors (Lipinski definition) is 4. The van der Waals surface area contributed by atoms with Crippen LogP contribution in [0.15, 0.2) is 18.7 Å². The van der Waals surface area contributed by atoms with Crippen molar-refractivity contribution >= 4 is 17.5 Å². The van der Waals surface area contributed by atoms with Crippen LogP contribution in [0.2, 0.25) is 0 Å². The van der Waals surface area contributed by atoms with E-state index in [-0.39, 0.29) is 11.7 Å². The molecule has 0 amide bonds. The maximum atomic E-state index is 11.9. The van der Waals surface area contributed by atoms with Crippen molar-refractivity contribution in [3.05, 3.63) is 24.3 Å². The summed E-state index contributed by atoms with van der Waals surface area (Å²) in [6.45, 7) is 0. The van der Waals surface area contributed by atoms with Gasteiger partial charge in [0, 0.05) is 18.3 Å². The lowest BCUT2D eigenvalue weighted by Gasteiger charge is -2.19. The molecule has 0 aromatic carbocycles. The van der Waals surface area contributed by atoms with Gasteiger partial charge in [0.15, 0.2) is 5.78 Å². The summed E-state index contributed by atoms with van der Waals surface area (Å²) in [5, 5.41) is 0. The van der Waals surface area contributed by atoms with Crippen molar-refractivity contribution in [1.29, 1.82) is 0 Å². The van der Waals surface area contributed by atoms with Crippen LogP contribution in [0.5, 0.6) is 0 Å². The molecule has 1 aliphatic heterocycles. The second kappa shape index (κ2) is 4.55. The highest BCUT2D eigenvalue weighted by Gasteiger charge is 2.22. The van der Waals surface area contributed by atoms with Gasteiger partial charge in [-0.3, -0.25) is 4.79 Å². The molecule has 0 atom stereocenters. The van der Waals surface area contributed by atoms with Gasteiger partial charge in [-0.15, -0.1) is 0 Å². The molecule has 0 unspecified atom stereocenters. The summed E-state index contributed by atoms with van der Waals surface area (Å²) < 4.78 is 0. The minimum Gasteiger partial charge on any atom is -0.294 e. The van der Waals surface area contributed by atoms with Gasteiger partial charge in [-0.2, -0.15) is 11.8 Å². The normalized spacial score (nSPS) is 18.0. The van der Waals surface area contributed by atoms with Crippen LogP contribution in [-0.4, -0.2) is 27.3 Å². The number of nitrogens with zero attached hydrogens (tertiary/aromatic N) is 2. The maximum absolute atomic E-state index is 11.9. The van der Waals surface area contributed by atoms with E-state index in [1.54, 1.807) is 12.4 Å². The van der Waals surface area contributed by atoms with E-state index in [9.17, 15) is 4.79 Å². The van der Waals surface area contributed by atoms with E-state index in [0.29, 0.717) is 5.56 Å². The third-order valence-electron chi connectivity index (χ3n) is 2.44. The molecular formula is C10H12N2OS. The molecule has 1 saturated heterocycles. The van der Waals surface area contributed by atoms with Gasteiger partial charge in [0.25, 0.3) is 0 Å². The predicted molar refractivity (Wildman–Crippen MR) is 56.4 cm³/mol. The van der Waals surface area contributed by atoms with E-state index in [4.69, 9.17) is 0 Å². The standard InChI is InChI=1S/C10H12N2OS/c13-10(8-1-3-14-4-2-8)9-5-11-7-12-6-9/h5-8H,1-4H2. The summed E-state index contributed by atoms with van der Waals surface area (Å²) in [6, 6.07) is 0. The van der Waals surface area contributed by atoms with E-state index in [0.717, 1.165) is 24.3 Å². The van der Waals surface area contributed by atoms with Crippen LogP contribution in [0.25, 0.3) is 0 Å². The first-order valence-corrected chi connectivity index (χ1v) is 5.90. The van der Waals surface area contributed by atoms with Gasteiger partial charge in [0.2, 0.25) is 0 Å². The topological polar surface area (TPSA) is 42.9 Å². The molecule has 0 N–H and O–H groups in total. The molecule has 0 radical (unpaired) electrons. The predicted octanol–water partition coefficient (Wildman–Crippen LogP) is 1.80. The first-order chi connectivity index (χ1) is 6.88. The van der Waals surface area contributed by atoms with Gasteiger partial charge in [-0.05, 0) is 24.3 Å². The average Bonchev–Trinajstić information content (AvgIpc) is 2.30. The number of carbonyl (C=O) groups excluding carboxylic acids is 1. The smallest absolute Gasteiger partial charge is 0.169 e.